The lowest BCUT2D eigenvalue weighted by Crippen LogP contribution is -2.00. The molecule has 3 heteroatoms. The van der Waals surface area contributed by atoms with Crippen molar-refractivity contribution >= 4 is 65.4 Å². The van der Waals surface area contributed by atoms with E-state index < -0.39 is 0 Å². The average molecular weight is 574 g/mol. The van der Waals surface area contributed by atoms with Gasteiger partial charge in [-0.3, -0.25) is 0 Å². The molecule has 0 aliphatic heterocycles. The Morgan fingerprint density at radius 1 is 0.244 bits per heavy atom. The van der Waals surface area contributed by atoms with E-state index in [-0.39, 0.29) is 0 Å². The van der Waals surface area contributed by atoms with Crippen molar-refractivity contribution in [2.45, 2.75) is 0 Å². The second-order valence-electron chi connectivity index (χ2n) is 11.8. The summed E-state index contributed by atoms with van der Waals surface area (Å²) in [4.78, 5) is 0. The molecule has 0 saturated carbocycles. The maximum atomic E-state index is 2.47. The lowest BCUT2D eigenvalue weighted by Gasteiger charge is -2.14. The van der Waals surface area contributed by atoms with Crippen molar-refractivity contribution in [2.24, 2.45) is 0 Å². The van der Waals surface area contributed by atoms with E-state index >= 15 is 0 Å². The number of benzene rings is 7. The van der Waals surface area contributed by atoms with Crippen molar-refractivity contribution in [1.82, 2.24) is 13.7 Å². The molecule has 10 aromatic rings. The third kappa shape index (κ3) is 3.35. The summed E-state index contributed by atoms with van der Waals surface area (Å²) in [5.41, 5.74) is 10.7. The van der Waals surface area contributed by atoms with E-state index in [1.807, 2.05) is 0 Å². The number of aromatic nitrogens is 3. The van der Waals surface area contributed by atoms with Crippen LogP contribution in [0.3, 0.4) is 0 Å². The van der Waals surface area contributed by atoms with E-state index in [1.165, 1.54) is 65.4 Å². The van der Waals surface area contributed by atoms with Gasteiger partial charge in [0.2, 0.25) is 0 Å². The number of para-hydroxylation sites is 5. The predicted molar refractivity (Wildman–Crippen MR) is 189 cm³/mol. The van der Waals surface area contributed by atoms with Crippen LogP contribution >= 0.6 is 0 Å². The average Bonchev–Trinajstić information content (AvgIpc) is 3.75. The highest BCUT2D eigenvalue weighted by Gasteiger charge is 2.21. The molecule has 0 saturated heterocycles. The topological polar surface area (TPSA) is 14.8 Å². The molecule has 0 aliphatic carbocycles. The largest absolute Gasteiger partial charge is 0.309 e. The summed E-state index contributed by atoms with van der Waals surface area (Å²) in [6.45, 7) is 0. The van der Waals surface area contributed by atoms with E-state index in [1.54, 1.807) is 0 Å². The monoisotopic (exact) mass is 573 g/mol. The first-order valence-electron chi connectivity index (χ1n) is 15.5. The summed E-state index contributed by atoms with van der Waals surface area (Å²) in [6.07, 6.45) is 0. The smallest absolute Gasteiger partial charge is 0.0788 e. The lowest BCUT2D eigenvalue weighted by molar-refractivity contribution is 1.13. The van der Waals surface area contributed by atoms with Gasteiger partial charge < -0.3 is 13.7 Å². The molecule has 210 valence electrons. The predicted octanol–water partition coefficient (Wildman–Crippen LogP) is 11.0. The molecule has 3 aromatic heterocycles. The van der Waals surface area contributed by atoms with Crippen molar-refractivity contribution in [2.75, 3.05) is 0 Å². The minimum Gasteiger partial charge on any atom is -0.309 e. The molecule has 3 heterocycles. The summed E-state index contributed by atoms with van der Waals surface area (Å²) in [5.74, 6) is 0. The van der Waals surface area contributed by atoms with Gasteiger partial charge in [-0.1, -0.05) is 109 Å². The standard InChI is InChI=1S/C42H27N3/c1-2-13-28(14-3-1)44-39-23-10-6-19-33(39)35-25-26-36-34-20-7-11-24-40(34)45(42(36)41(35)44)30-16-12-15-29(27-30)43-37-21-8-4-17-31(37)32-18-5-9-22-38(32)43/h1-27H. The molecule has 3 nitrogen and oxygen atoms in total. The zero-order valence-electron chi connectivity index (χ0n) is 24.4. The Hall–Kier alpha value is -6.06. The van der Waals surface area contributed by atoms with Crippen LogP contribution in [-0.2, 0) is 0 Å². The van der Waals surface area contributed by atoms with E-state index in [0.717, 1.165) is 17.1 Å². The molecular weight excluding hydrogens is 546 g/mol. The van der Waals surface area contributed by atoms with Crippen LogP contribution < -0.4 is 0 Å². The van der Waals surface area contributed by atoms with Gasteiger partial charge >= 0.3 is 0 Å². The van der Waals surface area contributed by atoms with Crippen LogP contribution in [0.15, 0.2) is 164 Å². The molecule has 0 spiro atoms. The zero-order valence-corrected chi connectivity index (χ0v) is 24.4. The van der Waals surface area contributed by atoms with Crippen molar-refractivity contribution in [1.29, 1.82) is 0 Å². The van der Waals surface area contributed by atoms with E-state index in [4.69, 9.17) is 0 Å². The molecule has 0 unspecified atom stereocenters. The third-order valence-corrected chi connectivity index (χ3v) is 9.41. The van der Waals surface area contributed by atoms with Gasteiger partial charge in [0, 0.05) is 49.4 Å². The Morgan fingerprint density at radius 2 is 0.600 bits per heavy atom. The van der Waals surface area contributed by atoms with Crippen molar-refractivity contribution in [3.8, 4) is 17.1 Å². The maximum Gasteiger partial charge on any atom is 0.0788 e. The fourth-order valence-electron chi connectivity index (χ4n) is 7.59. The highest BCUT2D eigenvalue weighted by Crippen LogP contribution is 2.42. The van der Waals surface area contributed by atoms with Crippen molar-refractivity contribution in [3.63, 3.8) is 0 Å². The number of hydrogen-bond acceptors (Lipinski definition) is 0. The van der Waals surface area contributed by atoms with Crippen LogP contribution in [0.1, 0.15) is 0 Å². The highest BCUT2D eigenvalue weighted by molar-refractivity contribution is 6.23. The van der Waals surface area contributed by atoms with Gasteiger partial charge in [0.1, 0.15) is 0 Å². The number of nitrogens with zero attached hydrogens (tertiary/aromatic N) is 3. The molecular formula is C42H27N3. The van der Waals surface area contributed by atoms with Crippen LogP contribution in [0.25, 0.3) is 82.5 Å². The van der Waals surface area contributed by atoms with Gasteiger partial charge in [-0.25, -0.2) is 0 Å². The second kappa shape index (κ2) is 9.22. The van der Waals surface area contributed by atoms with Crippen LogP contribution in [0, 0.1) is 0 Å². The first-order chi connectivity index (χ1) is 22.4. The fourth-order valence-corrected chi connectivity index (χ4v) is 7.59. The summed E-state index contributed by atoms with van der Waals surface area (Å²) in [7, 11) is 0. The van der Waals surface area contributed by atoms with Crippen molar-refractivity contribution < 1.29 is 0 Å². The molecule has 0 bridgehead atoms. The molecule has 0 fully saturated rings. The first-order valence-corrected chi connectivity index (χ1v) is 15.5. The second-order valence-corrected chi connectivity index (χ2v) is 11.8. The van der Waals surface area contributed by atoms with Gasteiger partial charge in [0.25, 0.3) is 0 Å². The molecule has 45 heavy (non-hydrogen) atoms. The molecule has 0 radical (unpaired) electrons. The minimum atomic E-state index is 1.14. The Balaban J connectivity index is 1.36. The van der Waals surface area contributed by atoms with Crippen LogP contribution in [0.5, 0.6) is 0 Å². The minimum absolute atomic E-state index is 1.14. The summed E-state index contributed by atoms with van der Waals surface area (Å²) >= 11 is 0. The number of fused-ring (bicyclic) bond motifs is 10. The molecule has 7 aromatic carbocycles. The number of rotatable bonds is 3. The van der Waals surface area contributed by atoms with Gasteiger partial charge in [-0.2, -0.15) is 0 Å². The molecule has 0 aliphatic rings. The molecule has 10 rings (SSSR count). The fraction of sp³-hybridized carbons (Fsp3) is 0. The molecule has 0 atom stereocenters. The summed E-state index contributed by atoms with van der Waals surface area (Å²) < 4.78 is 7.32. The van der Waals surface area contributed by atoms with E-state index in [9.17, 15) is 0 Å². The molecule has 0 amide bonds. The van der Waals surface area contributed by atoms with Crippen molar-refractivity contribution in [3.05, 3.63) is 164 Å². The number of hydrogen-bond donors (Lipinski definition) is 0. The van der Waals surface area contributed by atoms with Crippen LogP contribution in [0.4, 0.5) is 0 Å². The lowest BCUT2D eigenvalue weighted by atomic mass is 10.1. The SMILES string of the molecule is c1ccc(-n2c3ccccc3c3ccc4c5ccccc5n(-c5cccc(-n6c7ccccc7c7ccccc76)c5)c4c32)cc1. The van der Waals surface area contributed by atoms with Gasteiger partial charge in [-0.15, -0.1) is 0 Å². The molecule has 0 N–H and O–H groups in total. The van der Waals surface area contributed by atoms with Gasteiger partial charge in [-0.05, 0) is 54.6 Å². The van der Waals surface area contributed by atoms with E-state index in [2.05, 4.69) is 177 Å². The maximum absolute atomic E-state index is 2.47. The zero-order chi connectivity index (χ0) is 29.5. The first kappa shape index (κ1) is 24.4. The summed E-state index contributed by atoms with van der Waals surface area (Å²) in [6, 6.07) is 59.4. The van der Waals surface area contributed by atoms with Crippen LogP contribution in [0.2, 0.25) is 0 Å². The Morgan fingerprint density at radius 3 is 1.11 bits per heavy atom. The Labute approximate surface area is 259 Å². The third-order valence-electron chi connectivity index (χ3n) is 9.41. The quantitative estimate of drug-likeness (QED) is 0.200. The van der Waals surface area contributed by atoms with E-state index in [0.29, 0.717) is 0 Å². The van der Waals surface area contributed by atoms with Crippen LogP contribution in [-0.4, -0.2) is 13.7 Å². The Bertz CT molecular complexity index is 2700. The van der Waals surface area contributed by atoms with Gasteiger partial charge in [0.15, 0.2) is 0 Å². The normalized spacial score (nSPS) is 12.0. The van der Waals surface area contributed by atoms with Gasteiger partial charge in [0.05, 0.1) is 33.1 Å². The highest BCUT2D eigenvalue weighted by atomic mass is 15.1. The summed E-state index contributed by atoms with van der Waals surface area (Å²) in [5, 5.41) is 7.55. The Kier molecular flexibility index (Phi) is 5.00.